The Morgan fingerprint density at radius 1 is 0.241 bits per heavy atom. The fraction of sp³-hybridized carbons (Fsp3) is 0.455. The summed E-state index contributed by atoms with van der Waals surface area (Å²) in [6, 6.07) is 0. The molecule has 4 aromatic carbocycles. The third-order valence-corrected chi connectivity index (χ3v) is 25.2. The van der Waals surface area contributed by atoms with Gasteiger partial charge >= 0.3 is 0 Å². The molecular weight excluding hydrogens is 849 g/mol. The molecule has 0 nitrogen and oxygen atoms in total. The van der Waals surface area contributed by atoms with Crippen molar-refractivity contribution in [2.24, 2.45) is 0 Å². The molecule has 0 radical (unpaired) electrons. The molecule has 0 amide bonds. The third-order valence-electron chi connectivity index (χ3n) is 11.2. The summed E-state index contributed by atoms with van der Waals surface area (Å²) in [7, 11) is 0. The molecule has 0 bridgehead atoms. The quantitative estimate of drug-likeness (QED) is 0.139. The lowest BCUT2D eigenvalue weighted by atomic mass is 10.1. The molecule has 0 saturated carbocycles. The van der Waals surface area contributed by atoms with Crippen LogP contribution >= 0.6 is 115 Å². The van der Waals surface area contributed by atoms with Gasteiger partial charge in [0.05, 0.1) is 0 Å². The second-order valence-corrected chi connectivity index (χ2v) is 24.5. The van der Waals surface area contributed by atoms with E-state index < -0.39 is 0 Å². The molecule has 0 unspecified atom stereocenters. The summed E-state index contributed by atoms with van der Waals surface area (Å²) in [4.78, 5) is 6.40. The van der Waals surface area contributed by atoms with Gasteiger partial charge in [0.25, 0.3) is 0 Å². The van der Waals surface area contributed by atoms with Crippen LogP contribution in [0.2, 0.25) is 0 Å². The van der Waals surface area contributed by atoms with Crippen molar-refractivity contribution in [3.63, 3.8) is 0 Å². The maximum Gasteiger partial charge on any atom is 0.0499 e. The molecule has 3 aromatic heterocycles. The summed E-state index contributed by atoms with van der Waals surface area (Å²) in [5, 5.41) is 0. The molecule has 10 heteroatoms. The van der Waals surface area contributed by atoms with Gasteiger partial charge in [-0.05, 0) is 95.9 Å². The van der Waals surface area contributed by atoms with Gasteiger partial charge in [-0.3, -0.25) is 0 Å². The van der Waals surface area contributed by atoms with Crippen LogP contribution in [0, 0.1) is 0 Å². The molecule has 9 rings (SSSR count). The monoisotopic (exact) mass is 896 g/mol. The van der Waals surface area contributed by atoms with Crippen molar-refractivity contribution in [2.45, 2.75) is 126 Å². The Morgan fingerprint density at radius 2 is 0.389 bits per heavy atom. The van der Waals surface area contributed by atoms with Crippen LogP contribution in [0.25, 0.3) is 56.4 Å². The Hall–Kier alpha value is -0.400. The lowest BCUT2D eigenvalue weighted by molar-refractivity contribution is 1.00. The lowest BCUT2D eigenvalue weighted by Gasteiger charge is -2.25. The van der Waals surface area contributed by atoms with Crippen LogP contribution in [0.5, 0.6) is 0 Å². The SMILES string of the molecule is CCc1c2c(c(CC)c3sc4c(CC)c5sc6c(CC)c7sc8c(CC)c9c(c(CC)c8sc7c(CC)c6sc5c(CC)c4sc13)SCCS9)SCCS2. The van der Waals surface area contributed by atoms with Crippen molar-refractivity contribution in [1.29, 1.82) is 0 Å². The number of benzene rings is 4. The van der Waals surface area contributed by atoms with Crippen LogP contribution in [0.1, 0.15) is 99.9 Å². The second kappa shape index (κ2) is 16.0. The van der Waals surface area contributed by atoms with Crippen molar-refractivity contribution in [1.82, 2.24) is 0 Å². The van der Waals surface area contributed by atoms with Crippen LogP contribution in [-0.4, -0.2) is 23.0 Å². The molecule has 0 spiro atoms. The molecule has 54 heavy (non-hydrogen) atoms. The maximum absolute atomic E-state index is 2.42. The zero-order valence-corrected chi connectivity index (χ0v) is 40.7. The number of rotatable bonds is 8. The highest BCUT2D eigenvalue weighted by Crippen LogP contribution is 2.55. The predicted octanol–water partition coefficient (Wildman–Crippen LogP) is 17.6. The summed E-state index contributed by atoms with van der Waals surface area (Å²) in [5.74, 6) is 4.92. The minimum Gasteiger partial charge on any atom is -0.133 e. The topological polar surface area (TPSA) is 0 Å². The first-order valence-corrected chi connectivity index (χ1v) is 28.7. The lowest BCUT2D eigenvalue weighted by Crippen LogP contribution is -2.03. The van der Waals surface area contributed by atoms with Gasteiger partial charge in [0.15, 0.2) is 0 Å². The molecule has 0 fully saturated rings. The standard InChI is InChI=1S/C44H48S10/c1-9-21-29-30(46-18-17-45-29)22(10-2)34-33(21)49-37-25(13-5)41-42(26(14-6)38(37)50-34)54-44-28(16-8)40-39(27(15-7)43(44)53-41)51-35-23(11-3)31-32(48-20-19-47-31)24(12-4)36(35)52-40/h9-20H2,1-8H3. The van der Waals surface area contributed by atoms with Gasteiger partial charge in [-0.1, -0.05) is 55.4 Å². The van der Waals surface area contributed by atoms with Crippen molar-refractivity contribution in [2.75, 3.05) is 23.0 Å². The fourth-order valence-electron chi connectivity index (χ4n) is 8.68. The van der Waals surface area contributed by atoms with Gasteiger partial charge in [-0.15, -0.1) is 115 Å². The first-order chi connectivity index (χ1) is 26.5. The predicted molar refractivity (Wildman–Crippen MR) is 263 cm³/mol. The van der Waals surface area contributed by atoms with E-state index in [0.29, 0.717) is 0 Å². The number of aryl methyl sites for hydroxylation is 8. The van der Waals surface area contributed by atoms with Crippen LogP contribution in [0.3, 0.4) is 0 Å². The third kappa shape index (κ3) is 5.90. The Bertz CT molecular complexity index is 2350. The highest BCUT2D eigenvalue weighted by atomic mass is 32.2. The molecule has 284 valence electrons. The minimum absolute atomic E-state index is 1.07. The van der Waals surface area contributed by atoms with E-state index in [1.807, 2.05) is 0 Å². The Balaban J connectivity index is 1.44. The van der Waals surface area contributed by atoms with Crippen LogP contribution in [-0.2, 0) is 51.4 Å². The fourth-order valence-corrected chi connectivity index (χ4v) is 24.5. The molecular formula is C44H48S10. The van der Waals surface area contributed by atoms with E-state index in [2.05, 4.69) is 170 Å². The first kappa shape index (κ1) is 39.1. The summed E-state index contributed by atoms with van der Waals surface area (Å²) in [5.41, 5.74) is 12.8. The normalized spacial score (nSPS) is 14.7. The van der Waals surface area contributed by atoms with Crippen molar-refractivity contribution >= 4 is 171 Å². The smallest absolute Gasteiger partial charge is 0.0499 e. The Morgan fingerprint density at radius 3 is 0.537 bits per heavy atom. The number of thioether (sulfide) groups is 4. The molecule has 7 aromatic rings. The molecule has 0 atom stereocenters. The molecule has 2 aliphatic rings. The number of hydrogen-bond donors (Lipinski definition) is 0. The van der Waals surface area contributed by atoms with Crippen LogP contribution in [0.4, 0.5) is 0 Å². The zero-order chi connectivity index (χ0) is 37.4. The zero-order valence-electron chi connectivity index (χ0n) is 32.6. The van der Waals surface area contributed by atoms with Gasteiger partial charge in [0.2, 0.25) is 0 Å². The largest absolute Gasteiger partial charge is 0.133 e. The van der Waals surface area contributed by atoms with E-state index in [-0.39, 0.29) is 0 Å². The van der Waals surface area contributed by atoms with Crippen molar-refractivity contribution < 1.29 is 0 Å². The Labute approximate surface area is 361 Å². The number of fused-ring (bicyclic) bond motifs is 8. The molecule has 0 saturated heterocycles. The van der Waals surface area contributed by atoms with E-state index in [4.69, 9.17) is 0 Å². The average Bonchev–Trinajstić information content (AvgIpc) is 3.21. The van der Waals surface area contributed by atoms with Gasteiger partial charge in [0.1, 0.15) is 0 Å². The van der Waals surface area contributed by atoms with Gasteiger partial charge in [-0.2, -0.15) is 0 Å². The van der Waals surface area contributed by atoms with Crippen molar-refractivity contribution in [3.05, 3.63) is 44.5 Å². The number of hydrogen-bond acceptors (Lipinski definition) is 10. The second-order valence-electron chi connectivity index (χ2n) is 13.9. The van der Waals surface area contributed by atoms with E-state index in [1.54, 1.807) is 120 Å². The van der Waals surface area contributed by atoms with E-state index in [1.165, 1.54) is 23.0 Å². The van der Waals surface area contributed by atoms with E-state index >= 15 is 0 Å². The summed E-state index contributed by atoms with van der Waals surface area (Å²) < 4.78 is 18.8. The van der Waals surface area contributed by atoms with Crippen molar-refractivity contribution in [3.8, 4) is 0 Å². The Kier molecular flexibility index (Phi) is 11.6. The molecule has 2 aliphatic heterocycles. The van der Waals surface area contributed by atoms with Crippen LogP contribution in [0.15, 0.2) is 19.6 Å². The summed E-state index contributed by atoms with van der Waals surface area (Å²) >= 11 is 21.4. The summed E-state index contributed by atoms with van der Waals surface area (Å²) in [6.45, 7) is 19.2. The van der Waals surface area contributed by atoms with E-state index in [9.17, 15) is 0 Å². The molecule has 5 heterocycles. The van der Waals surface area contributed by atoms with Gasteiger partial charge < -0.3 is 0 Å². The highest BCUT2D eigenvalue weighted by Gasteiger charge is 2.28. The van der Waals surface area contributed by atoms with E-state index in [0.717, 1.165) is 51.4 Å². The highest BCUT2D eigenvalue weighted by molar-refractivity contribution is 8.06. The van der Waals surface area contributed by atoms with Crippen LogP contribution < -0.4 is 0 Å². The molecule has 0 N–H and O–H groups in total. The average molecular weight is 898 g/mol. The summed E-state index contributed by atoms with van der Waals surface area (Å²) in [6.07, 6.45) is 8.73. The van der Waals surface area contributed by atoms with Gasteiger partial charge in [0, 0.05) is 99.0 Å². The first-order valence-electron chi connectivity index (χ1n) is 19.9. The maximum atomic E-state index is 2.42. The molecule has 0 aliphatic carbocycles. The minimum atomic E-state index is 1.07. The van der Waals surface area contributed by atoms with Gasteiger partial charge in [-0.25, -0.2) is 0 Å².